The summed E-state index contributed by atoms with van der Waals surface area (Å²) >= 11 is 5.00. The van der Waals surface area contributed by atoms with Crippen molar-refractivity contribution in [3.63, 3.8) is 0 Å². The summed E-state index contributed by atoms with van der Waals surface area (Å²) < 4.78 is 37.3. The van der Waals surface area contributed by atoms with Crippen molar-refractivity contribution in [1.29, 1.82) is 0 Å². The van der Waals surface area contributed by atoms with Gasteiger partial charge in [-0.15, -0.1) is 11.6 Å². The molecule has 0 radical (unpaired) electrons. The first kappa shape index (κ1) is 46.9. The molecule has 0 spiro atoms. The predicted molar refractivity (Wildman–Crippen MR) is 146 cm³/mol. The van der Waals surface area contributed by atoms with Gasteiger partial charge in [-0.3, -0.25) is 9.11 Å². The Morgan fingerprint density at radius 1 is 0.789 bits per heavy atom. The number of hydrogen-bond donors (Lipinski definition) is 6. The molecule has 2 aromatic rings. The number of aromatic hydroxyl groups is 1. The maximum Gasteiger partial charge on any atom is 1.00 e. The second kappa shape index (κ2) is 27.6. The number of phenols is 1. The molecule has 10 nitrogen and oxygen atoms in total. The molecule has 13 heteroatoms. The Labute approximate surface area is 254 Å². The summed E-state index contributed by atoms with van der Waals surface area (Å²) in [5.74, 6) is 1.83. The van der Waals surface area contributed by atoms with E-state index in [4.69, 9.17) is 49.2 Å². The molecule has 0 saturated carbocycles. The summed E-state index contributed by atoms with van der Waals surface area (Å²) in [5.41, 5.74) is 5.84. The molecule has 0 heterocycles. The van der Waals surface area contributed by atoms with E-state index in [0.29, 0.717) is 11.1 Å². The normalized spacial score (nSPS) is 9.18. The van der Waals surface area contributed by atoms with E-state index >= 15 is 0 Å². The number of aliphatic hydroxyl groups excluding tert-OH is 3. The Balaban J connectivity index is -0.000000138. The number of alkyl halides is 1. The van der Waals surface area contributed by atoms with Gasteiger partial charge in [-0.2, -0.15) is 8.42 Å². The summed E-state index contributed by atoms with van der Waals surface area (Å²) in [6, 6.07) is 7.83. The summed E-state index contributed by atoms with van der Waals surface area (Å²) in [6.45, 7) is 12.6. The second-order valence-electron chi connectivity index (χ2n) is 7.02. The fraction of sp³-hybridized carbons (Fsp3) is 0.520. The summed E-state index contributed by atoms with van der Waals surface area (Å²) in [5, 5.41) is 34.0. The fourth-order valence-electron chi connectivity index (χ4n) is 2.96. The molecule has 0 amide bonds. The van der Waals surface area contributed by atoms with Crippen LogP contribution < -0.4 is 34.3 Å². The van der Waals surface area contributed by atoms with Gasteiger partial charge in [0.1, 0.15) is 11.5 Å². The predicted octanol–water partition coefficient (Wildman–Crippen LogP) is 1.23. The fourth-order valence-corrected chi connectivity index (χ4v) is 2.96. The van der Waals surface area contributed by atoms with Crippen LogP contribution in [-0.2, 0) is 36.5 Å². The zero-order valence-electron chi connectivity index (χ0n) is 23.7. The van der Waals surface area contributed by atoms with Gasteiger partial charge in [0, 0.05) is 24.1 Å². The van der Waals surface area contributed by atoms with Crippen LogP contribution in [0.4, 0.5) is 0 Å². The molecule has 0 aromatic heterocycles. The molecular weight excluding hydrogens is 551 g/mol. The second-order valence-corrected chi connectivity index (χ2v) is 8.45. The van der Waals surface area contributed by atoms with Crippen LogP contribution in [0.5, 0.6) is 11.5 Å². The van der Waals surface area contributed by atoms with Crippen molar-refractivity contribution in [2.75, 3.05) is 19.6 Å². The van der Waals surface area contributed by atoms with E-state index < -0.39 is 10.4 Å². The largest absolute Gasteiger partial charge is 1.00 e. The molecule has 38 heavy (non-hydrogen) atoms. The topological polar surface area (TPSA) is 195 Å². The average Bonchev–Trinajstić information content (AvgIpc) is 2.82. The first-order valence-electron chi connectivity index (χ1n) is 11.3. The van der Waals surface area contributed by atoms with E-state index in [-0.39, 0.29) is 54.0 Å². The van der Waals surface area contributed by atoms with Crippen molar-refractivity contribution in [3.05, 3.63) is 57.6 Å². The zero-order valence-corrected chi connectivity index (χ0v) is 27.3. The van der Waals surface area contributed by atoms with E-state index in [9.17, 15) is 5.11 Å². The quantitative estimate of drug-likeness (QED) is 0.161. The number of rotatable bonds is 6. The summed E-state index contributed by atoms with van der Waals surface area (Å²) in [7, 11) is -3.67. The van der Waals surface area contributed by atoms with Gasteiger partial charge in [-0.25, -0.2) is 0 Å². The third-order valence-electron chi connectivity index (χ3n) is 4.19. The minimum absolute atomic E-state index is 0. The van der Waals surface area contributed by atoms with Crippen LogP contribution in [0.2, 0.25) is 0 Å². The molecule has 0 aliphatic carbocycles. The Kier molecular flexibility index (Phi) is 34.0. The molecule has 0 aliphatic rings. The van der Waals surface area contributed by atoms with Crippen LogP contribution in [0.25, 0.3) is 0 Å². The molecular formula is C25H44ClNaO10S. The van der Waals surface area contributed by atoms with E-state index in [1.54, 1.807) is 12.1 Å². The van der Waals surface area contributed by atoms with Gasteiger partial charge >= 0.3 is 40.0 Å². The number of benzene rings is 2. The van der Waals surface area contributed by atoms with Crippen molar-refractivity contribution >= 4 is 22.0 Å². The Hall–Kier alpha value is -0.960. The summed E-state index contributed by atoms with van der Waals surface area (Å²) in [4.78, 5) is 0. The first-order valence-corrected chi connectivity index (χ1v) is 13.2. The van der Waals surface area contributed by atoms with Crippen molar-refractivity contribution in [2.45, 2.75) is 67.6 Å². The molecule has 0 unspecified atom stereocenters. The molecule has 0 fully saturated rings. The maximum atomic E-state index is 9.39. The smallest absolute Gasteiger partial charge is 0.870 e. The molecule has 0 atom stereocenters. The van der Waals surface area contributed by atoms with Crippen LogP contribution in [0.1, 0.15) is 61.1 Å². The third kappa shape index (κ3) is 23.0. The number of ether oxygens (including phenoxy) is 1. The molecule has 7 N–H and O–H groups in total. The number of hydrogen-bond acceptors (Lipinski definition) is 8. The minimum Gasteiger partial charge on any atom is -0.870 e. The first-order chi connectivity index (χ1) is 16.8. The van der Waals surface area contributed by atoms with E-state index in [2.05, 4.69) is 32.9 Å². The zero-order chi connectivity index (χ0) is 28.9. The minimum atomic E-state index is -4.67. The Morgan fingerprint density at radius 2 is 1.05 bits per heavy atom. The van der Waals surface area contributed by atoms with Gasteiger partial charge in [0.15, 0.2) is 0 Å². The Bertz CT molecular complexity index is 899. The van der Waals surface area contributed by atoms with Crippen molar-refractivity contribution < 1.29 is 77.7 Å². The van der Waals surface area contributed by atoms with Crippen LogP contribution in [0.15, 0.2) is 24.3 Å². The average molecular weight is 595 g/mol. The van der Waals surface area contributed by atoms with Crippen molar-refractivity contribution in [1.82, 2.24) is 0 Å². The van der Waals surface area contributed by atoms with Crippen LogP contribution >= 0.6 is 11.6 Å². The van der Waals surface area contributed by atoms with Crippen LogP contribution in [-0.4, -0.2) is 63.0 Å². The summed E-state index contributed by atoms with van der Waals surface area (Å²) in [6.07, 6.45) is 2.09. The number of aryl methyl sites for hydroxylation is 4. The number of aliphatic hydroxyl groups is 3. The van der Waals surface area contributed by atoms with E-state index in [1.807, 2.05) is 20.8 Å². The molecule has 0 aliphatic heterocycles. The van der Waals surface area contributed by atoms with Gasteiger partial charge in [-0.1, -0.05) is 56.2 Å². The van der Waals surface area contributed by atoms with Gasteiger partial charge in [0.05, 0.1) is 19.8 Å². The monoisotopic (exact) mass is 594 g/mol. The van der Waals surface area contributed by atoms with Gasteiger partial charge in [-0.05, 0) is 44.7 Å². The SMILES string of the molecule is CCCl.CCOc1c(CC)cc(C)cc1CC.CO.Cc1cc(CO)c(O)c(CO)c1.O=S(=O)(O)O.[Na+].[OH-]. The van der Waals surface area contributed by atoms with Gasteiger partial charge in [0.25, 0.3) is 0 Å². The van der Waals surface area contributed by atoms with Crippen LogP contribution in [0, 0.1) is 13.8 Å². The molecule has 0 bridgehead atoms. The third-order valence-corrected chi connectivity index (χ3v) is 4.19. The van der Waals surface area contributed by atoms with E-state index in [0.717, 1.165) is 43.8 Å². The van der Waals surface area contributed by atoms with Crippen molar-refractivity contribution in [2.24, 2.45) is 0 Å². The maximum absolute atomic E-state index is 9.39. The standard InChI is InChI=1S/C13H20O.C9H12O3.C2H5Cl.CH4O.Na.H2O4S.H2O/c1-5-11-8-10(4)9-12(6-2)13(11)14-7-3;1-6-2-7(4-10)9(12)8(3-6)5-11;1-2-3;1-2;;1-5(2,3)4;/h8-9H,5-7H2,1-4H3;2-3,10-12H,4-5H2,1H3;2H2,1H3;2H,1H3;;(H2,1,2,3,4);1H2/q;;;;+1;;/p-1. The van der Waals surface area contributed by atoms with E-state index in [1.165, 1.54) is 16.7 Å². The van der Waals surface area contributed by atoms with Crippen LogP contribution in [0.3, 0.4) is 0 Å². The molecule has 0 saturated heterocycles. The van der Waals surface area contributed by atoms with Gasteiger partial charge < -0.3 is 30.6 Å². The van der Waals surface area contributed by atoms with Gasteiger partial charge in [0.2, 0.25) is 0 Å². The Morgan fingerprint density at radius 3 is 1.26 bits per heavy atom. The van der Waals surface area contributed by atoms with Crippen molar-refractivity contribution in [3.8, 4) is 11.5 Å². The molecule has 2 rings (SSSR count). The molecule has 2 aromatic carbocycles. The molecule has 218 valence electrons. The number of halogens is 1.